The first kappa shape index (κ1) is 13.1. The molecule has 0 saturated heterocycles. The van der Waals surface area contributed by atoms with Gasteiger partial charge >= 0.3 is 0 Å². The Morgan fingerprint density at radius 1 is 1.22 bits per heavy atom. The second kappa shape index (κ2) is 5.57. The molecule has 1 N–H and O–H groups in total. The van der Waals surface area contributed by atoms with Crippen LogP contribution in [-0.2, 0) is 6.61 Å². The average Bonchev–Trinajstić information content (AvgIpc) is 2.35. The number of pyridine rings is 1. The molecule has 2 aromatic rings. The molecule has 0 atom stereocenters. The largest absolute Gasteiger partial charge is 0.439 e. The number of ether oxygens (including phenoxy) is 1. The van der Waals surface area contributed by atoms with E-state index < -0.39 is 0 Å². The maximum Gasteiger partial charge on any atom is 0.219 e. The summed E-state index contributed by atoms with van der Waals surface area (Å²) in [5.74, 6) is 1.05. The summed E-state index contributed by atoms with van der Waals surface area (Å²) in [4.78, 5) is 4.11. The molecule has 0 aliphatic carbocycles. The number of aryl methyl sites for hydroxylation is 1. The van der Waals surface area contributed by atoms with Crippen molar-refractivity contribution in [3.63, 3.8) is 0 Å². The smallest absolute Gasteiger partial charge is 0.219 e. The molecule has 0 spiro atoms. The maximum atomic E-state index is 9.08. The molecule has 0 unspecified atom stereocenters. The highest BCUT2D eigenvalue weighted by atomic mass is 35.5. The minimum Gasteiger partial charge on any atom is -0.439 e. The number of halogens is 2. The summed E-state index contributed by atoms with van der Waals surface area (Å²) in [7, 11) is 0. The number of hydrogen-bond acceptors (Lipinski definition) is 3. The van der Waals surface area contributed by atoms with Crippen molar-refractivity contribution in [3.8, 4) is 11.6 Å². The fourth-order valence-electron chi connectivity index (χ4n) is 1.47. The zero-order valence-electron chi connectivity index (χ0n) is 9.65. The Labute approximate surface area is 115 Å². The second-order valence-corrected chi connectivity index (χ2v) is 4.59. The van der Waals surface area contributed by atoms with Crippen LogP contribution in [0.4, 0.5) is 0 Å². The van der Waals surface area contributed by atoms with Crippen LogP contribution in [0.25, 0.3) is 0 Å². The summed E-state index contributed by atoms with van der Waals surface area (Å²) in [6.45, 7) is 1.67. The fraction of sp³-hybridized carbons (Fsp3) is 0.154. The molecule has 5 heteroatoms. The third-order valence-corrected chi connectivity index (χ3v) is 2.97. The molecule has 1 aromatic carbocycles. The number of aliphatic hydroxyl groups is 1. The van der Waals surface area contributed by atoms with Crippen molar-refractivity contribution in [2.45, 2.75) is 13.5 Å². The Morgan fingerprint density at radius 2 is 2.00 bits per heavy atom. The first-order valence-electron chi connectivity index (χ1n) is 5.30. The van der Waals surface area contributed by atoms with Crippen LogP contribution in [-0.4, -0.2) is 10.1 Å². The fourth-order valence-corrected chi connectivity index (χ4v) is 1.86. The van der Waals surface area contributed by atoms with Gasteiger partial charge < -0.3 is 9.84 Å². The lowest BCUT2D eigenvalue weighted by Gasteiger charge is -2.09. The Kier molecular flexibility index (Phi) is 4.07. The molecule has 18 heavy (non-hydrogen) atoms. The lowest BCUT2D eigenvalue weighted by Crippen LogP contribution is -1.95. The molecule has 0 fully saturated rings. The quantitative estimate of drug-likeness (QED) is 0.926. The van der Waals surface area contributed by atoms with E-state index in [1.807, 2.05) is 6.92 Å². The molecule has 0 saturated carbocycles. The van der Waals surface area contributed by atoms with Crippen molar-refractivity contribution in [3.05, 3.63) is 51.6 Å². The number of rotatable bonds is 3. The first-order chi connectivity index (χ1) is 8.60. The maximum absolute atomic E-state index is 9.08. The van der Waals surface area contributed by atoms with Crippen molar-refractivity contribution in [2.24, 2.45) is 0 Å². The van der Waals surface area contributed by atoms with Gasteiger partial charge in [0.25, 0.3) is 0 Å². The van der Waals surface area contributed by atoms with E-state index in [0.717, 1.165) is 5.56 Å². The van der Waals surface area contributed by atoms with Crippen LogP contribution in [0.1, 0.15) is 11.3 Å². The topological polar surface area (TPSA) is 42.4 Å². The van der Waals surface area contributed by atoms with Crippen molar-refractivity contribution in [2.75, 3.05) is 0 Å². The molecule has 2 rings (SSSR count). The second-order valence-electron chi connectivity index (χ2n) is 3.75. The van der Waals surface area contributed by atoms with Gasteiger partial charge in [-0.15, -0.1) is 0 Å². The highest BCUT2D eigenvalue weighted by Gasteiger charge is 2.06. The first-order valence-corrected chi connectivity index (χ1v) is 6.06. The van der Waals surface area contributed by atoms with Crippen molar-refractivity contribution >= 4 is 23.2 Å². The predicted molar refractivity (Wildman–Crippen MR) is 71.4 cm³/mol. The number of benzene rings is 1. The van der Waals surface area contributed by atoms with E-state index in [9.17, 15) is 0 Å². The van der Waals surface area contributed by atoms with Gasteiger partial charge in [-0.25, -0.2) is 4.98 Å². The lowest BCUT2D eigenvalue weighted by molar-refractivity contribution is 0.275. The highest BCUT2D eigenvalue weighted by molar-refractivity contribution is 6.31. The van der Waals surface area contributed by atoms with Crippen LogP contribution in [0.15, 0.2) is 30.3 Å². The summed E-state index contributed by atoms with van der Waals surface area (Å²) in [5.41, 5.74) is 1.30. The lowest BCUT2D eigenvalue weighted by atomic mass is 10.2. The van der Waals surface area contributed by atoms with Crippen molar-refractivity contribution in [1.29, 1.82) is 0 Å². The average molecular weight is 284 g/mol. The van der Waals surface area contributed by atoms with E-state index >= 15 is 0 Å². The van der Waals surface area contributed by atoms with Gasteiger partial charge in [-0.3, -0.25) is 0 Å². The normalized spacial score (nSPS) is 10.4. The molecule has 0 bridgehead atoms. The third-order valence-electron chi connectivity index (χ3n) is 2.39. The Balaban J connectivity index is 2.28. The van der Waals surface area contributed by atoms with E-state index in [0.29, 0.717) is 27.4 Å². The molecular formula is C13H11Cl2NO2. The number of hydrogen-bond donors (Lipinski definition) is 1. The van der Waals surface area contributed by atoms with Crippen LogP contribution in [0.2, 0.25) is 10.0 Å². The molecule has 94 valence electrons. The van der Waals surface area contributed by atoms with Gasteiger partial charge in [0.2, 0.25) is 5.88 Å². The molecule has 0 amide bonds. The van der Waals surface area contributed by atoms with Crippen LogP contribution in [0, 0.1) is 6.92 Å². The van der Waals surface area contributed by atoms with E-state index in [1.165, 1.54) is 0 Å². The van der Waals surface area contributed by atoms with Crippen molar-refractivity contribution in [1.82, 2.24) is 4.98 Å². The third kappa shape index (κ3) is 2.93. The Bertz CT molecular complexity index is 573. The van der Waals surface area contributed by atoms with Gasteiger partial charge in [-0.1, -0.05) is 23.2 Å². The van der Waals surface area contributed by atoms with Gasteiger partial charge in [0.15, 0.2) is 0 Å². The van der Waals surface area contributed by atoms with Gasteiger partial charge in [-0.05, 0) is 36.8 Å². The molecule has 0 radical (unpaired) electrons. The molecule has 0 aliphatic heterocycles. The minimum absolute atomic E-state index is 0.227. The van der Waals surface area contributed by atoms with Gasteiger partial charge in [0.05, 0.1) is 17.3 Å². The summed E-state index contributed by atoms with van der Waals surface area (Å²) in [5, 5.41) is 10.1. The van der Waals surface area contributed by atoms with Crippen molar-refractivity contribution < 1.29 is 9.84 Å². The van der Waals surface area contributed by atoms with Crippen LogP contribution in [0.5, 0.6) is 11.6 Å². The van der Waals surface area contributed by atoms with E-state index in [-0.39, 0.29) is 6.61 Å². The van der Waals surface area contributed by atoms with E-state index in [4.69, 9.17) is 33.0 Å². The standard InChI is InChI=1S/C13H11Cl2NO2/c1-8-6-9(14)2-4-12(8)18-13-5-3-10(15)11(7-17)16-13/h2-6,17H,7H2,1H3. The molecule has 1 aromatic heterocycles. The monoisotopic (exact) mass is 283 g/mol. The number of nitrogens with zero attached hydrogens (tertiary/aromatic N) is 1. The van der Waals surface area contributed by atoms with Crippen LogP contribution in [0.3, 0.4) is 0 Å². The predicted octanol–water partition coefficient (Wildman–Crippen LogP) is 3.98. The zero-order chi connectivity index (χ0) is 13.1. The van der Waals surface area contributed by atoms with Gasteiger partial charge in [-0.2, -0.15) is 0 Å². The van der Waals surface area contributed by atoms with Gasteiger partial charge in [0, 0.05) is 11.1 Å². The summed E-state index contributed by atoms with van der Waals surface area (Å²) >= 11 is 11.7. The minimum atomic E-state index is -0.227. The van der Waals surface area contributed by atoms with Crippen LogP contribution >= 0.6 is 23.2 Å². The van der Waals surface area contributed by atoms with E-state index in [2.05, 4.69) is 4.98 Å². The molecule has 0 aliphatic rings. The summed E-state index contributed by atoms with van der Waals surface area (Å²) < 4.78 is 5.62. The molecule has 1 heterocycles. The number of aliphatic hydroxyl groups excluding tert-OH is 1. The summed E-state index contributed by atoms with van der Waals surface area (Å²) in [6, 6.07) is 8.61. The highest BCUT2D eigenvalue weighted by Crippen LogP contribution is 2.27. The number of aromatic nitrogens is 1. The van der Waals surface area contributed by atoms with Gasteiger partial charge in [0.1, 0.15) is 5.75 Å². The summed E-state index contributed by atoms with van der Waals surface area (Å²) in [6.07, 6.45) is 0. The zero-order valence-corrected chi connectivity index (χ0v) is 11.2. The Hall–Kier alpha value is -1.29. The Morgan fingerprint density at radius 3 is 2.67 bits per heavy atom. The van der Waals surface area contributed by atoms with E-state index in [1.54, 1.807) is 30.3 Å². The SMILES string of the molecule is Cc1cc(Cl)ccc1Oc1ccc(Cl)c(CO)n1. The van der Waals surface area contributed by atoms with Crippen LogP contribution < -0.4 is 4.74 Å². The molecule has 3 nitrogen and oxygen atoms in total. The molecular weight excluding hydrogens is 273 g/mol.